The van der Waals surface area contributed by atoms with Crippen LogP contribution in [0.4, 0.5) is 16.2 Å². The van der Waals surface area contributed by atoms with Crippen LogP contribution in [-0.2, 0) is 9.31 Å². The number of benzene rings is 1. The van der Waals surface area contributed by atoms with Gasteiger partial charge in [-0.15, -0.1) is 0 Å². The highest BCUT2D eigenvalue weighted by atomic mass is 16.7. The summed E-state index contributed by atoms with van der Waals surface area (Å²) in [5, 5.41) is 14.0. The number of carbonyl (C=O) groups excluding carboxylic acids is 1. The van der Waals surface area contributed by atoms with Crippen molar-refractivity contribution >= 4 is 30.0 Å². The zero-order valence-electron chi connectivity index (χ0n) is 15.6. The van der Waals surface area contributed by atoms with E-state index in [4.69, 9.17) is 9.31 Å². The number of nitro groups is 1. The van der Waals surface area contributed by atoms with E-state index in [2.05, 4.69) is 5.32 Å². The van der Waals surface area contributed by atoms with Crippen molar-refractivity contribution in [3.63, 3.8) is 0 Å². The Bertz CT molecular complexity index is 715. The molecule has 2 saturated heterocycles. The zero-order valence-corrected chi connectivity index (χ0v) is 15.6. The molecule has 0 aromatic heterocycles. The predicted octanol–water partition coefficient (Wildman–Crippen LogP) is 2.52. The van der Waals surface area contributed by atoms with E-state index < -0.39 is 23.2 Å². The van der Waals surface area contributed by atoms with Crippen molar-refractivity contribution in [3.05, 3.63) is 28.3 Å². The van der Waals surface area contributed by atoms with Gasteiger partial charge in [0.2, 0.25) is 0 Å². The van der Waals surface area contributed by atoms with Crippen molar-refractivity contribution in [1.82, 2.24) is 4.90 Å². The Kier molecular flexibility index (Phi) is 4.70. The van der Waals surface area contributed by atoms with Crippen LogP contribution in [-0.4, -0.2) is 47.3 Å². The molecular formula is C17H24BN3O5. The number of urea groups is 1. The van der Waals surface area contributed by atoms with E-state index in [1.807, 2.05) is 27.7 Å². The SMILES string of the molecule is CC1(C)OB(c2ccc([N+](=O)[O-])c(NC(=O)N3CCCC3)c2)OC1(C)C. The molecule has 0 saturated carbocycles. The van der Waals surface area contributed by atoms with Gasteiger partial charge in [-0.25, -0.2) is 4.79 Å². The summed E-state index contributed by atoms with van der Waals surface area (Å²) < 4.78 is 12.0. The average Bonchev–Trinajstić information content (AvgIpc) is 3.14. The molecule has 8 nitrogen and oxygen atoms in total. The Morgan fingerprint density at radius 3 is 2.31 bits per heavy atom. The maximum atomic E-state index is 12.4. The van der Waals surface area contributed by atoms with Gasteiger partial charge in [-0.05, 0) is 52.1 Å². The Morgan fingerprint density at radius 1 is 1.19 bits per heavy atom. The summed E-state index contributed by atoms with van der Waals surface area (Å²) in [6, 6.07) is 4.22. The summed E-state index contributed by atoms with van der Waals surface area (Å²) in [5.41, 5.74) is -0.403. The molecule has 9 heteroatoms. The van der Waals surface area contributed by atoms with Crippen LogP contribution < -0.4 is 10.8 Å². The fourth-order valence-electron chi connectivity index (χ4n) is 3.05. The number of hydrogen-bond acceptors (Lipinski definition) is 5. The quantitative estimate of drug-likeness (QED) is 0.507. The molecule has 0 atom stereocenters. The highest BCUT2D eigenvalue weighted by Crippen LogP contribution is 2.37. The summed E-state index contributed by atoms with van der Waals surface area (Å²) in [6.07, 6.45) is 1.90. The van der Waals surface area contributed by atoms with Crippen molar-refractivity contribution in [3.8, 4) is 0 Å². The molecule has 26 heavy (non-hydrogen) atoms. The number of nitro benzene ring substituents is 1. The summed E-state index contributed by atoms with van der Waals surface area (Å²) >= 11 is 0. The molecule has 0 aliphatic carbocycles. The first-order chi connectivity index (χ1) is 12.1. The lowest BCUT2D eigenvalue weighted by Crippen LogP contribution is -2.41. The van der Waals surface area contributed by atoms with Crippen LogP contribution in [0.25, 0.3) is 0 Å². The second-order valence-corrected chi connectivity index (χ2v) is 7.75. The third-order valence-electron chi connectivity index (χ3n) is 5.38. The molecule has 0 radical (unpaired) electrons. The Balaban J connectivity index is 1.87. The molecule has 0 bridgehead atoms. The van der Waals surface area contributed by atoms with E-state index in [0.29, 0.717) is 18.6 Å². The van der Waals surface area contributed by atoms with Gasteiger partial charge >= 0.3 is 13.1 Å². The zero-order chi connectivity index (χ0) is 19.1. The minimum Gasteiger partial charge on any atom is -0.399 e. The summed E-state index contributed by atoms with van der Waals surface area (Å²) in [4.78, 5) is 24.9. The standard InChI is InChI=1S/C17H24BN3O5/c1-16(2)17(3,4)26-18(25-16)12-7-8-14(21(23)24)13(11-12)19-15(22)20-9-5-6-10-20/h7-8,11H,5-6,9-10H2,1-4H3,(H,19,22). The molecule has 1 aromatic rings. The normalized spacial score (nSPS) is 21.1. The lowest BCUT2D eigenvalue weighted by molar-refractivity contribution is -0.383. The first-order valence-electron chi connectivity index (χ1n) is 8.81. The second-order valence-electron chi connectivity index (χ2n) is 7.75. The molecule has 0 spiro atoms. The van der Waals surface area contributed by atoms with Crippen LogP contribution >= 0.6 is 0 Å². The lowest BCUT2D eigenvalue weighted by Gasteiger charge is -2.32. The first kappa shape index (κ1) is 18.7. The monoisotopic (exact) mass is 361 g/mol. The molecule has 2 aliphatic rings. The Hall–Kier alpha value is -2.13. The fourth-order valence-corrected chi connectivity index (χ4v) is 3.05. The molecule has 1 aromatic carbocycles. The van der Waals surface area contributed by atoms with E-state index in [0.717, 1.165) is 12.8 Å². The van der Waals surface area contributed by atoms with Crippen molar-refractivity contribution in [1.29, 1.82) is 0 Å². The first-order valence-corrected chi connectivity index (χ1v) is 8.81. The van der Waals surface area contributed by atoms with Crippen LogP contribution in [0.2, 0.25) is 0 Å². The molecule has 2 amide bonds. The Morgan fingerprint density at radius 2 is 1.77 bits per heavy atom. The molecule has 3 rings (SSSR count). The number of carbonyl (C=O) groups is 1. The van der Waals surface area contributed by atoms with Gasteiger partial charge in [0.05, 0.1) is 16.1 Å². The largest absolute Gasteiger partial charge is 0.494 e. The fraction of sp³-hybridized carbons (Fsp3) is 0.588. The number of amides is 2. The van der Waals surface area contributed by atoms with Gasteiger partial charge in [0, 0.05) is 19.2 Å². The van der Waals surface area contributed by atoms with Gasteiger partial charge in [-0.1, -0.05) is 6.07 Å². The number of hydrogen-bond donors (Lipinski definition) is 1. The van der Waals surface area contributed by atoms with Gasteiger partial charge in [-0.2, -0.15) is 0 Å². The lowest BCUT2D eigenvalue weighted by atomic mass is 9.79. The minimum absolute atomic E-state index is 0.152. The highest BCUT2D eigenvalue weighted by molar-refractivity contribution is 6.62. The van der Waals surface area contributed by atoms with E-state index in [-0.39, 0.29) is 17.4 Å². The molecular weight excluding hydrogens is 337 g/mol. The van der Waals surface area contributed by atoms with Crippen LogP contribution in [0, 0.1) is 10.1 Å². The number of nitrogens with zero attached hydrogens (tertiary/aromatic N) is 2. The Labute approximate surface area is 153 Å². The topological polar surface area (TPSA) is 93.9 Å². The maximum absolute atomic E-state index is 12.4. The molecule has 2 aliphatic heterocycles. The highest BCUT2D eigenvalue weighted by Gasteiger charge is 2.51. The smallest absolute Gasteiger partial charge is 0.399 e. The maximum Gasteiger partial charge on any atom is 0.494 e. The number of anilines is 1. The van der Waals surface area contributed by atoms with Gasteiger partial charge in [-0.3, -0.25) is 10.1 Å². The molecule has 140 valence electrons. The number of likely N-dealkylation sites (tertiary alicyclic amines) is 1. The van der Waals surface area contributed by atoms with Gasteiger partial charge in [0.15, 0.2) is 0 Å². The number of rotatable bonds is 3. The van der Waals surface area contributed by atoms with Crippen molar-refractivity contribution in [2.45, 2.75) is 51.7 Å². The summed E-state index contributed by atoms with van der Waals surface area (Å²) in [5.74, 6) is 0. The van der Waals surface area contributed by atoms with Crippen molar-refractivity contribution < 1.29 is 19.0 Å². The van der Waals surface area contributed by atoms with E-state index in [9.17, 15) is 14.9 Å². The molecule has 1 N–H and O–H groups in total. The van der Waals surface area contributed by atoms with Crippen LogP contribution in [0.15, 0.2) is 18.2 Å². The number of nitrogens with one attached hydrogen (secondary N) is 1. The van der Waals surface area contributed by atoms with Crippen molar-refractivity contribution in [2.24, 2.45) is 0 Å². The van der Waals surface area contributed by atoms with Crippen LogP contribution in [0.3, 0.4) is 0 Å². The van der Waals surface area contributed by atoms with Crippen LogP contribution in [0.5, 0.6) is 0 Å². The van der Waals surface area contributed by atoms with Crippen LogP contribution in [0.1, 0.15) is 40.5 Å². The summed E-state index contributed by atoms with van der Waals surface area (Å²) in [7, 11) is -0.650. The molecule has 2 heterocycles. The van der Waals surface area contributed by atoms with Gasteiger partial charge in [0.25, 0.3) is 5.69 Å². The third kappa shape index (κ3) is 3.41. The van der Waals surface area contributed by atoms with Gasteiger partial charge < -0.3 is 19.5 Å². The average molecular weight is 361 g/mol. The van der Waals surface area contributed by atoms with E-state index in [1.54, 1.807) is 17.0 Å². The van der Waals surface area contributed by atoms with E-state index >= 15 is 0 Å². The second kappa shape index (κ2) is 6.55. The van der Waals surface area contributed by atoms with Crippen molar-refractivity contribution in [2.75, 3.05) is 18.4 Å². The third-order valence-corrected chi connectivity index (χ3v) is 5.38. The molecule has 2 fully saturated rings. The molecule has 0 unspecified atom stereocenters. The van der Waals surface area contributed by atoms with Gasteiger partial charge in [0.1, 0.15) is 5.69 Å². The predicted molar refractivity (Wildman–Crippen MR) is 98.6 cm³/mol. The van der Waals surface area contributed by atoms with E-state index in [1.165, 1.54) is 6.07 Å². The summed E-state index contributed by atoms with van der Waals surface area (Å²) in [6.45, 7) is 9.08. The minimum atomic E-state index is -0.650.